The highest BCUT2D eigenvalue weighted by atomic mass is 16.3. The first-order valence-corrected chi connectivity index (χ1v) is 2.26. The smallest absolute Gasteiger partial charge is 0.116 e. The van der Waals surface area contributed by atoms with Gasteiger partial charge >= 0.3 is 0 Å². The van der Waals surface area contributed by atoms with E-state index in [4.69, 9.17) is 10.8 Å². The number of hydrogen-bond acceptors (Lipinski definition) is 2. The first kappa shape index (κ1) is 6.92. The summed E-state index contributed by atoms with van der Waals surface area (Å²) in [4.78, 5) is 0. The van der Waals surface area contributed by atoms with Crippen molar-refractivity contribution in [1.29, 1.82) is 0 Å². The van der Waals surface area contributed by atoms with E-state index in [-0.39, 0.29) is 0 Å². The van der Waals surface area contributed by atoms with Gasteiger partial charge in [0, 0.05) is 5.92 Å². The third-order valence-electron chi connectivity index (χ3n) is 1.01. The molecular formula is C5H12NO. The summed E-state index contributed by atoms with van der Waals surface area (Å²) in [5.41, 5.74) is 4.11. The van der Waals surface area contributed by atoms with E-state index >= 15 is 0 Å². The van der Waals surface area contributed by atoms with Crippen molar-refractivity contribution in [1.82, 2.24) is 0 Å². The molecule has 0 saturated heterocycles. The van der Waals surface area contributed by atoms with Gasteiger partial charge in [-0.1, -0.05) is 13.8 Å². The lowest BCUT2D eigenvalue weighted by Crippen LogP contribution is -2.39. The van der Waals surface area contributed by atoms with Crippen LogP contribution in [0.15, 0.2) is 0 Å². The first-order chi connectivity index (χ1) is 2.94. The summed E-state index contributed by atoms with van der Waals surface area (Å²) in [6.07, 6.45) is 0. The molecule has 0 aliphatic rings. The van der Waals surface area contributed by atoms with E-state index in [1.807, 2.05) is 0 Å². The molecule has 1 atom stereocenters. The highest BCUT2D eigenvalue weighted by molar-refractivity contribution is 4.93. The molecule has 1 unspecified atom stereocenters. The van der Waals surface area contributed by atoms with Crippen LogP contribution < -0.4 is 5.73 Å². The maximum atomic E-state index is 8.84. The van der Waals surface area contributed by atoms with Gasteiger partial charge in [0.1, 0.15) is 5.72 Å². The second kappa shape index (κ2) is 1.80. The third-order valence-corrected chi connectivity index (χ3v) is 1.01. The zero-order valence-corrected chi connectivity index (χ0v) is 5.02. The average Bonchev–Trinajstić information content (AvgIpc) is 1.31. The van der Waals surface area contributed by atoms with Gasteiger partial charge in [0.15, 0.2) is 0 Å². The summed E-state index contributed by atoms with van der Waals surface area (Å²) in [6, 6.07) is 0. The van der Waals surface area contributed by atoms with E-state index < -0.39 is 5.72 Å². The molecule has 7 heavy (non-hydrogen) atoms. The van der Waals surface area contributed by atoms with Crippen molar-refractivity contribution in [2.45, 2.75) is 26.5 Å². The topological polar surface area (TPSA) is 46.2 Å². The molecule has 0 rings (SSSR count). The van der Waals surface area contributed by atoms with E-state index in [0.29, 0.717) is 0 Å². The van der Waals surface area contributed by atoms with Crippen LogP contribution in [-0.2, 0) is 0 Å². The lowest BCUT2D eigenvalue weighted by Gasteiger charge is -2.20. The van der Waals surface area contributed by atoms with Crippen LogP contribution in [0.1, 0.15) is 20.8 Å². The number of aliphatic hydroxyl groups is 1. The Morgan fingerprint density at radius 2 is 1.71 bits per heavy atom. The molecule has 2 nitrogen and oxygen atoms in total. The Bertz CT molecular complexity index is 53.6. The Kier molecular flexibility index (Phi) is 1.78. The third kappa shape index (κ3) is 2.60. The molecule has 0 heterocycles. The van der Waals surface area contributed by atoms with Gasteiger partial charge in [-0.05, 0) is 6.92 Å². The van der Waals surface area contributed by atoms with Gasteiger partial charge in [-0.25, -0.2) is 0 Å². The number of hydrogen-bond donors (Lipinski definition) is 2. The molecule has 0 aromatic carbocycles. The Balaban J connectivity index is 3.54. The Hall–Kier alpha value is -0.0800. The molecule has 0 aliphatic carbocycles. The first-order valence-electron chi connectivity index (χ1n) is 2.26. The van der Waals surface area contributed by atoms with Crippen molar-refractivity contribution in [3.63, 3.8) is 0 Å². The van der Waals surface area contributed by atoms with Crippen LogP contribution in [-0.4, -0.2) is 10.8 Å². The van der Waals surface area contributed by atoms with Crippen molar-refractivity contribution in [3.8, 4) is 0 Å². The summed E-state index contributed by atoms with van der Waals surface area (Å²) < 4.78 is 0. The van der Waals surface area contributed by atoms with E-state index in [1.165, 1.54) is 0 Å². The molecule has 0 spiro atoms. The molecule has 1 radical (unpaired) electrons. The van der Waals surface area contributed by atoms with Gasteiger partial charge in [0.2, 0.25) is 0 Å². The van der Waals surface area contributed by atoms with E-state index in [1.54, 1.807) is 20.8 Å². The van der Waals surface area contributed by atoms with Gasteiger partial charge < -0.3 is 10.8 Å². The second-order valence-electron chi connectivity index (χ2n) is 2.15. The SMILES string of the molecule is C[C](C)C(C)(N)O. The van der Waals surface area contributed by atoms with Crippen molar-refractivity contribution >= 4 is 0 Å². The van der Waals surface area contributed by atoms with Gasteiger partial charge in [-0.2, -0.15) is 0 Å². The van der Waals surface area contributed by atoms with Crippen molar-refractivity contribution in [2.75, 3.05) is 0 Å². The van der Waals surface area contributed by atoms with Crippen LogP contribution in [0.3, 0.4) is 0 Å². The molecule has 0 aromatic rings. The standard InChI is InChI=1S/C5H12NO/c1-4(2)5(3,6)7/h7H,6H2,1-3H3. The predicted octanol–water partition coefficient (Wildman–Crippen LogP) is 0.268. The molecule has 2 heteroatoms. The fraction of sp³-hybridized carbons (Fsp3) is 0.800. The lowest BCUT2D eigenvalue weighted by molar-refractivity contribution is 0.0834. The largest absolute Gasteiger partial charge is 0.376 e. The molecule has 0 aliphatic heterocycles. The minimum Gasteiger partial charge on any atom is -0.376 e. The average molecular weight is 102 g/mol. The normalized spacial score (nSPS) is 19.7. The van der Waals surface area contributed by atoms with E-state index in [9.17, 15) is 0 Å². The molecular weight excluding hydrogens is 90.1 g/mol. The van der Waals surface area contributed by atoms with Crippen LogP contribution in [0.4, 0.5) is 0 Å². The maximum absolute atomic E-state index is 8.84. The lowest BCUT2D eigenvalue weighted by atomic mass is 10.0. The second-order valence-corrected chi connectivity index (χ2v) is 2.15. The molecule has 43 valence electrons. The predicted molar refractivity (Wildman–Crippen MR) is 29.4 cm³/mol. The highest BCUT2D eigenvalue weighted by Crippen LogP contribution is 2.09. The summed E-state index contributed by atoms with van der Waals surface area (Å²) in [5, 5.41) is 8.84. The molecule has 0 saturated carbocycles. The quantitative estimate of drug-likeness (QED) is 0.467. The fourth-order valence-corrected chi connectivity index (χ4v) is 0. The minimum atomic E-state index is -1.08. The van der Waals surface area contributed by atoms with Crippen molar-refractivity contribution in [2.24, 2.45) is 5.73 Å². The van der Waals surface area contributed by atoms with Crippen molar-refractivity contribution < 1.29 is 5.11 Å². The summed E-state index contributed by atoms with van der Waals surface area (Å²) >= 11 is 0. The van der Waals surface area contributed by atoms with Crippen LogP contribution in [0.2, 0.25) is 0 Å². The number of rotatable bonds is 1. The van der Waals surface area contributed by atoms with Crippen LogP contribution in [0.5, 0.6) is 0 Å². The Morgan fingerprint density at radius 1 is 1.57 bits per heavy atom. The van der Waals surface area contributed by atoms with Gasteiger partial charge in [0.25, 0.3) is 0 Å². The van der Waals surface area contributed by atoms with Gasteiger partial charge in [-0.3, -0.25) is 0 Å². The van der Waals surface area contributed by atoms with Crippen LogP contribution in [0.25, 0.3) is 0 Å². The molecule has 0 bridgehead atoms. The Morgan fingerprint density at radius 3 is 1.71 bits per heavy atom. The molecule has 0 amide bonds. The summed E-state index contributed by atoms with van der Waals surface area (Å²) in [7, 11) is 0. The monoisotopic (exact) mass is 102 g/mol. The fourth-order valence-electron chi connectivity index (χ4n) is 0. The molecule has 0 fully saturated rings. The molecule has 3 N–H and O–H groups in total. The van der Waals surface area contributed by atoms with Crippen LogP contribution in [0, 0.1) is 5.92 Å². The zero-order valence-electron chi connectivity index (χ0n) is 5.02. The molecule has 0 aromatic heterocycles. The zero-order chi connectivity index (χ0) is 6.08. The Labute approximate surface area is 44.3 Å². The number of nitrogens with two attached hydrogens (primary N) is 1. The van der Waals surface area contributed by atoms with Crippen LogP contribution >= 0.6 is 0 Å². The van der Waals surface area contributed by atoms with Gasteiger partial charge in [-0.15, -0.1) is 0 Å². The summed E-state index contributed by atoms with van der Waals surface area (Å²) in [6.45, 7) is 5.14. The maximum Gasteiger partial charge on any atom is 0.116 e. The minimum absolute atomic E-state index is 0.826. The van der Waals surface area contributed by atoms with Crippen molar-refractivity contribution in [3.05, 3.63) is 5.92 Å². The van der Waals surface area contributed by atoms with Gasteiger partial charge in [0.05, 0.1) is 0 Å². The van der Waals surface area contributed by atoms with E-state index in [0.717, 1.165) is 5.92 Å². The highest BCUT2D eigenvalue weighted by Gasteiger charge is 2.17. The summed E-state index contributed by atoms with van der Waals surface area (Å²) in [5.74, 6) is 0.826. The van der Waals surface area contributed by atoms with E-state index in [2.05, 4.69) is 0 Å².